The first-order valence-electron chi connectivity index (χ1n) is 7.84. The summed E-state index contributed by atoms with van der Waals surface area (Å²) in [4.78, 5) is 4.43. The molecule has 1 fully saturated rings. The molecule has 0 saturated heterocycles. The van der Waals surface area contributed by atoms with Crippen LogP contribution in [0.3, 0.4) is 0 Å². The van der Waals surface area contributed by atoms with E-state index in [-0.39, 0.29) is 6.10 Å². The number of aryl methyl sites for hydroxylation is 1. The normalized spacial score (nSPS) is 15.9. The molecule has 4 heteroatoms. The number of guanidine groups is 1. The first-order valence-corrected chi connectivity index (χ1v) is 7.84. The zero-order valence-electron chi connectivity index (χ0n) is 13.4. The molecular formula is C17H27N3O. The number of nitrogens with one attached hydrogen (secondary N) is 1. The fourth-order valence-corrected chi connectivity index (χ4v) is 2.33. The van der Waals surface area contributed by atoms with Crippen molar-refractivity contribution in [1.29, 1.82) is 0 Å². The summed E-state index contributed by atoms with van der Waals surface area (Å²) >= 11 is 0. The van der Waals surface area contributed by atoms with Crippen molar-refractivity contribution in [3.63, 3.8) is 0 Å². The summed E-state index contributed by atoms with van der Waals surface area (Å²) in [6.45, 7) is 7.62. The topological polar surface area (TPSA) is 59.6 Å². The van der Waals surface area contributed by atoms with Gasteiger partial charge in [-0.15, -0.1) is 0 Å². The summed E-state index contributed by atoms with van der Waals surface area (Å²) < 4.78 is 5.85. The molecule has 116 valence electrons. The Kier molecular flexibility index (Phi) is 5.48. The molecule has 4 nitrogen and oxygen atoms in total. The Balaban J connectivity index is 1.93. The largest absolute Gasteiger partial charge is 0.491 e. The Morgan fingerprint density at radius 3 is 2.81 bits per heavy atom. The lowest BCUT2D eigenvalue weighted by molar-refractivity contribution is 0.240. The number of ether oxygens (including phenoxy) is 1. The third kappa shape index (κ3) is 4.96. The number of nitrogens with two attached hydrogens (primary N) is 1. The van der Waals surface area contributed by atoms with Crippen LogP contribution in [-0.4, -0.2) is 18.6 Å². The van der Waals surface area contributed by atoms with Gasteiger partial charge >= 0.3 is 0 Å². The van der Waals surface area contributed by atoms with Gasteiger partial charge in [0.2, 0.25) is 0 Å². The van der Waals surface area contributed by atoms with Crippen molar-refractivity contribution in [3.05, 3.63) is 29.3 Å². The molecule has 3 N–H and O–H groups in total. The third-order valence-electron chi connectivity index (χ3n) is 3.80. The second kappa shape index (κ2) is 7.34. The van der Waals surface area contributed by atoms with Gasteiger partial charge in [0.1, 0.15) is 5.75 Å². The molecule has 0 unspecified atom stereocenters. The van der Waals surface area contributed by atoms with E-state index in [0.717, 1.165) is 23.8 Å². The molecule has 0 aromatic heterocycles. The molecular weight excluding hydrogens is 262 g/mol. The van der Waals surface area contributed by atoms with Crippen molar-refractivity contribution >= 4 is 5.96 Å². The van der Waals surface area contributed by atoms with Gasteiger partial charge in [-0.2, -0.15) is 0 Å². The average molecular weight is 289 g/mol. The van der Waals surface area contributed by atoms with Crippen LogP contribution in [0.2, 0.25) is 0 Å². The van der Waals surface area contributed by atoms with E-state index in [1.165, 1.54) is 24.8 Å². The zero-order chi connectivity index (χ0) is 15.2. The number of hydrogen-bond acceptors (Lipinski definition) is 2. The van der Waals surface area contributed by atoms with Crippen LogP contribution in [0.25, 0.3) is 0 Å². The molecule has 1 aliphatic carbocycles. The van der Waals surface area contributed by atoms with Gasteiger partial charge in [0.15, 0.2) is 5.96 Å². The van der Waals surface area contributed by atoms with Crippen LogP contribution in [0.5, 0.6) is 5.75 Å². The minimum Gasteiger partial charge on any atom is -0.491 e. The molecule has 0 aliphatic heterocycles. The van der Waals surface area contributed by atoms with E-state index < -0.39 is 0 Å². The van der Waals surface area contributed by atoms with Crippen LogP contribution >= 0.6 is 0 Å². The summed E-state index contributed by atoms with van der Waals surface area (Å²) in [6.07, 6.45) is 4.13. The Morgan fingerprint density at radius 2 is 2.19 bits per heavy atom. The highest BCUT2D eigenvalue weighted by atomic mass is 16.5. The van der Waals surface area contributed by atoms with Crippen molar-refractivity contribution in [2.45, 2.75) is 52.7 Å². The van der Waals surface area contributed by atoms with Crippen LogP contribution in [0.1, 0.15) is 44.2 Å². The molecule has 1 aromatic carbocycles. The zero-order valence-corrected chi connectivity index (χ0v) is 13.4. The maximum absolute atomic E-state index is 5.93. The van der Waals surface area contributed by atoms with Gasteiger partial charge in [-0.05, 0) is 51.2 Å². The van der Waals surface area contributed by atoms with E-state index in [4.69, 9.17) is 10.5 Å². The van der Waals surface area contributed by atoms with Crippen molar-refractivity contribution in [2.24, 2.45) is 16.6 Å². The molecule has 0 heterocycles. The minimum atomic E-state index is 0.156. The van der Waals surface area contributed by atoms with Gasteiger partial charge in [-0.1, -0.05) is 18.6 Å². The van der Waals surface area contributed by atoms with Crippen LogP contribution < -0.4 is 15.8 Å². The lowest BCUT2D eigenvalue weighted by Crippen LogP contribution is -2.37. The van der Waals surface area contributed by atoms with Crippen LogP contribution in [0, 0.1) is 12.8 Å². The van der Waals surface area contributed by atoms with E-state index in [0.29, 0.717) is 12.5 Å². The van der Waals surface area contributed by atoms with E-state index in [2.05, 4.69) is 35.4 Å². The first kappa shape index (κ1) is 15.7. The average Bonchev–Trinajstić information content (AvgIpc) is 2.35. The van der Waals surface area contributed by atoms with Crippen molar-refractivity contribution < 1.29 is 4.74 Å². The van der Waals surface area contributed by atoms with Gasteiger partial charge in [-0.3, -0.25) is 0 Å². The summed E-state index contributed by atoms with van der Waals surface area (Å²) in [5, 5.41) is 3.21. The Morgan fingerprint density at radius 1 is 1.43 bits per heavy atom. The highest BCUT2D eigenvalue weighted by molar-refractivity contribution is 5.77. The molecule has 1 saturated carbocycles. The van der Waals surface area contributed by atoms with Crippen LogP contribution in [0.15, 0.2) is 23.2 Å². The second-order valence-corrected chi connectivity index (χ2v) is 6.16. The fraction of sp³-hybridized carbons (Fsp3) is 0.588. The Bertz CT molecular complexity index is 493. The highest BCUT2D eigenvalue weighted by Gasteiger charge is 2.16. The molecule has 0 bridgehead atoms. The lowest BCUT2D eigenvalue weighted by atomic mass is 9.85. The number of nitrogens with zero attached hydrogens (tertiary/aromatic N) is 1. The van der Waals surface area contributed by atoms with Gasteiger partial charge in [0.05, 0.1) is 12.6 Å². The molecule has 0 spiro atoms. The number of rotatable bonds is 6. The molecule has 0 amide bonds. The first-order chi connectivity index (χ1) is 10.0. The molecule has 0 radical (unpaired) electrons. The van der Waals surface area contributed by atoms with E-state index in [1.54, 1.807) is 0 Å². The quantitative estimate of drug-likeness (QED) is 0.625. The van der Waals surface area contributed by atoms with Crippen molar-refractivity contribution in [2.75, 3.05) is 6.54 Å². The summed E-state index contributed by atoms with van der Waals surface area (Å²) in [6, 6.07) is 6.20. The predicted octanol–water partition coefficient (Wildman–Crippen LogP) is 2.99. The van der Waals surface area contributed by atoms with Gasteiger partial charge in [0, 0.05) is 12.1 Å². The summed E-state index contributed by atoms with van der Waals surface area (Å²) in [5.74, 6) is 2.21. The monoisotopic (exact) mass is 289 g/mol. The minimum absolute atomic E-state index is 0.156. The second-order valence-electron chi connectivity index (χ2n) is 6.16. The van der Waals surface area contributed by atoms with E-state index in [9.17, 15) is 0 Å². The smallest absolute Gasteiger partial charge is 0.188 e. The molecule has 2 rings (SSSR count). The SMILES string of the molecule is Cc1ccc(CN=C(N)NCC2CCC2)c(OC(C)C)c1. The number of hydrogen-bond donors (Lipinski definition) is 2. The number of aliphatic imine (C=N–C) groups is 1. The summed E-state index contributed by atoms with van der Waals surface area (Å²) in [7, 11) is 0. The molecule has 1 aromatic rings. The van der Waals surface area contributed by atoms with Gasteiger partial charge in [0.25, 0.3) is 0 Å². The van der Waals surface area contributed by atoms with Gasteiger partial charge < -0.3 is 15.8 Å². The molecule has 0 atom stereocenters. The van der Waals surface area contributed by atoms with Crippen LogP contribution in [-0.2, 0) is 6.54 Å². The fourth-order valence-electron chi connectivity index (χ4n) is 2.33. The van der Waals surface area contributed by atoms with Gasteiger partial charge in [-0.25, -0.2) is 4.99 Å². The summed E-state index contributed by atoms with van der Waals surface area (Å²) in [5.41, 5.74) is 8.19. The lowest BCUT2D eigenvalue weighted by Gasteiger charge is -2.25. The molecule has 21 heavy (non-hydrogen) atoms. The third-order valence-corrected chi connectivity index (χ3v) is 3.80. The maximum atomic E-state index is 5.93. The number of benzene rings is 1. The standard InChI is InChI=1S/C17H27N3O/c1-12(2)21-16-9-13(3)7-8-15(16)11-20-17(18)19-10-14-5-4-6-14/h7-9,12,14H,4-6,10-11H2,1-3H3,(H3,18,19,20). The van der Waals surface area contributed by atoms with Crippen molar-refractivity contribution in [3.8, 4) is 5.75 Å². The Labute approximate surface area is 127 Å². The highest BCUT2D eigenvalue weighted by Crippen LogP contribution is 2.25. The van der Waals surface area contributed by atoms with E-state index >= 15 is 0 Å². The van der Waals surface area contributed by atoms with Crippen LogP contribution in [0.4, 0.5) is 0 Å². The molecule has 1 aliphatic rings. The van der Waals surface area contributed by atoms with E-state index in [1.807, 2.05) is 13.8 Å². The maximum Gasteiger partial charge on any atom is 0.188 e. The van der Waals surface area contributed by atoms with Crippen molar-refractivity contribution in [1.82, 2.24) is 5.32 Å². The predicted molar refractivity (Wildman–Crippen MR) is 87.6 cm³/mol. The Hall–Kier alpha value is -1.71.